The van der Waals surface area contributed by atoms with Crippen LogP contribution in [0, 0.1) is 17.8 Å². The first-order chi connectivity index (χ1) is 28.4. The molecule has 9 rings (SSSR count). The quantitative estimate of drug-likeness (QED) is 0.0763. The van der Waals surface area contributed by atoms with Crippen molar-refractivity contribution in [3.05, 3.63) is 132 Å². The Morgan fingerprint density at radius 2 is 1.40 bits per heavy atom. The molecule has 0 amide bonds. The van der Waals surface area contributed by atoms with Gasteiger partial charge >= 0.3 is 12.1 Å². The van der Waals surface area contributed by atoms with Crippen molar-refractivity contribution in [2.45, 2.75) is 46.7 Å². The third-order valence-electron chi connectivity index (χ3n) is 9.71. The molecular weight excluding hydrogens is 770 g/mol. The molecule has 3 N–H and O–H groups in total. The number of carboxylic acid groups (broad SMARTS) is 1. The Balaban J connectivity index is 0.000000181. The predicted octanol–water partition coefficient (Wildman–Crippen LogP) is 10.7. The van der Waals surface area contributed by atoms with E-state index in [2.05, 4.69) is 47.4 Å². The second-order valence-electron chi connectivity index (χ2n) is 14.0. The van der Waals surface area contributed by atoms with Gasteiger partial charge in [-0.3, -0.25) is 4.79 Å². The second kappa shape index (κ2) is 16.8. The van der Waals surface area contributed by atoms with Crippen molar-refractivity contribution >= 4 is 78.4 Å². The van der Waals surface area contributed by atoms with Crippen molar-refractivity contribution in [2.24, 2.45) is 5.92 Å². The van der Waals surface area contributed by atoms with E-state index in [1.54, 1.807) is 61.8 Å². The van der Waals surface area contributed by atoms with Gasteiger partial charge in [0, 0.05) is 62.9 Å². The average molecular weight is 807 g/mol. The first kappa shape index (κ1) is 40.7. The zero-order valence-electron chi connectivity index (χ0n) is 31.6. The predicted molar refractivity (Wildman–Crippen MR) is 227 cm³/mol. The molecule has 8 aromatic rings. The number of benzene rings is 4. The van der Waals surface area contributed by atoms with E-state index in [-0.39, 0.29) is 24.5 Å². The number of hydrogen-bond acceptors (Lipinski definition) is 10. The van der Waals surface area contributed by atoms with Gasteiger partial charge in [-0.25, -0.2) is 34.7 Å². The Morgan fingerprint density at radius 1 is 0.767 bits per heavy atom. The molecule has 0 saturated heterocycles. The number of carbonyl (C=O) groups excluding carboxylic acids is 1. The average Bonchev–Trinajstić information content (AvgIpc) is 4.05. The minimum atomic E-state index is -4.45. The molecule has 0 radical (unpaired) electrons. The number of pyridine rings is 2. The van der Waals surface area contributed by atoms with Gasteiger partial charge in [-0.15, -0.1) is 5.92 Å². The number of carbonyl (C=O) groups is 2. The summed E-state index contributed by atoms with van der Waals surface area (Å²) in [6.45, 7) is 3.26. The van der Waals surface area contributed by atoms with Crippen molar-refractivity contribution in [3.8, 4) is 11.8 Å². The van der Waals surface area contributed by atoms with Crippen LogP contribution in [0.15, 0.2) is 104 Å². The second-order valence-corrected chi connectivity index (χ2v) is 14.0. The summed E-state index contributed by atoms with van der Waals surface area (Å²) in [5, 5.41) is 18.6. The molecule has 0 atom stereocenters. The molecular formula is C46H37F3N8O3. The first-order valence-corrected chi connectivity index (χ1v) is 18.5. The summed E-state index contributed by atoms with van der Waals surface area (Å²) in [4.78, 5) is 50.1. The molecule has 60 heavy (non-hydrogen) atoms. The summed E-state index contributed by atoms with van der Waals surface area (Å²) in [7, 11) is 0. The number of halogens is 3. The van der Waals surface area contributed by atoms with E-state index in [1.165, 1.54) is 19.3 Å². The van der Waals surface area contributed by atoms with E-state index in [0.717, 1.165) is 64.2 Å². The standard InChI is InChI=1S/C24H19F3N4O.C21H14N4O2.CH4/c1-13(32)15-7-8-18-19-12-28-21(9-14-5-6-14)31-22(19)23(30-20(18)10-15)29-17-4-2-3-16(11-17)24(25,26)27;1-2-4-13-5-3-6-15(9-13)24-20-19-17(11-22-12-23-19)16-8-7-14(21(26)27)10-18(16)25-20;/h2-4,7-8,10-12,14H,5-6,9H2,1H3,(H,29,30);3,5-12H,1H3,(H,24,25)(H,26,27);1H4. The first-order valence-electron chi connectivity index (χ1n) is 18.5. The topological polar surface area (TPSA) is 156 Å². The van der Waals surface area contributed by atoms with Gasteiger partial charge in [0.2, 0.25) is 0 Å². The van der Waals surface area contributed by atoms with Gasteiger partial charge in [0.1, 0.15) is 23.2 Å². The van der Waals surface area contributed by atoms with Gasteiger partial charge < -0.3 is 15.7 Å². The van der Waals surface area contributed by atoms with Gasteiger partial charge in [-0.1, -0.05) is 43.7 Å². The Labute approximate surface area is 342 Å². The largest absolute Gasteiger partial charge is 0.478 e. The monoisotopic (exact) mass is 806 g/mol. The molecule has 11 nitrogen and oxygen atoms in total. The highest BCUT2D eigenvalue weighted by Crippen LogP contribution is 2.36. The van der Waals surface area contributed by atoms with Crippen LogP contribution < -0.4 is 10.6 Å². The highest BCUT2D eigenvalue weighted by molar-refractivity contribution is 6.11. The summed E-state index contributed by atoms with van der Waals surface area (Å²) in [5.41, 5.74) is 4.17. The third kappa shape index (κ3) is 8.80. The summed E-state index contributed by atoms with van der Waals surface area (Å²) in [6, 6.07) is 22.7. The van der Waals surface area contributed by atoms with E-state index in [1.807, 2.05) is 24.3 Å². The number of nitrogens with one attached hydrogen (secondary N) is 2. The third-order valence-corrected chi connectivity index (χ3v) is 9.71. The molecule has 1 aliphatic rings. The minimum Gasteiger partial charge on any atom is -0.478 e. The number of aromatic nitrogens is 6. The maximum absolute atomic E-state index is 13.2. The Kier molecular flexibility index (Phi) is 11.4. The van der Waals surface area contributed by atoms with Crippen molar-refractivity contribution in [3.63, 3.8) is 0 Å². The molecule has 0 unspecified atom stereocenters. The Morgan fingerprint density at radius 3 is 2.05 bits per heavy atom. The summed E-state index contributed by atoms with van der Waals surface area (Å²) >= 11 is 0. The van der Waals surface area contributed by atoms with Crippen LogP contribution in [0.5, 0.6) is 0 Å². The molecule has 1 aliphatic carbocycles. The van der Waals surface area contributed by atoms with Gasteiger partial charge in [0.05, 0.1) is 22.2 Å². The van der Waals surface area contributed by atoms with Crippen molar-refractivity contribution in [1.29, 1.82) is 0 Å². The molecule has 0 bridgehead atoms. The summed E-state index contributed by atoms with van der Waals surface area (Å²) in [6.07, 6.45) is 3.52. The maximum Gasteiger partial charge on any atom is 0.416 e. The lowest BCUT2D eigenvalue weighted by molar-refractivity contribution is -0.137. The molecule has 4 aromatic heterocycles. The van der Waals surface area contributed by atoms with Crippen molar-refractivity contribution in [1.82, 2.24) is 29.9 Å². The number of ketones is 1. The molecule has 14 heteroatoms. The van der Waals surface area contributed by atoms with E-state index in [9.17, 15) is 27.9 Å². The molecule has 0 aliphatic heterocycles. The summed E-state index contributed by atoms with van der Waals surface area (Å²) < 4.78 is 39.5. The number of fused-ring (bicyclic) bond motifs is 6. The van der Waals surface area contributed by atoms with Crippen LogP contribution >= 0.6 is 0 Å². The van der Waals surface area contributed by atoms with Crippen LogP contribution in [-0.4, -0.2) is 46.8 Å². The highest BCUT2D eigenvalue weighted by Gasteiger charge is 2.30. The molecule has 1 saturated carbocycles. The van der Waals surface area contributed by atoms with Crippen molar-refractivity contribution < 1.29 is 27.9 Å². The van der Waals surface area contributed by atoms with Gasteiger partial charge in [0.15, 0.2) is 17.4 Å². The lowest BCUT2D eigenvalue weighted by atomic mass is 10.1. The summed E-state index contributed by atoms with van der Waals surface area (Å²) in [5.74, 6) is 6.93. The highest BCUT2D eigenvalue weighted by atomic mass is 19.4. The zero-order valence-corrected chi connectivity index (χ0v) is 31.6. The molecule has 0 spiro atoms. The van der Waals surface area contributed by atoms with Gasteiger partial charge in [-0.05, 0) is 87.2 Å². The number of Topliss-reactive ketones (excluding diaryl/α,β-unsaturated/α-hetero) is 1. The minimum absolute atomic E-state index is 0. The van der Waals surface area contributed by atoms with Gasteiger partial charge in [-0.2, -0.15) is 13.2 Å². The Bertz CT molecular complexity index is 3030. The van der Waals surface area contributed by atoms with Crippen LogP contribution in [0.2, 0.25) is 0 Å². The van der Waals surface area contributed by atoms with E-state index >= 15 is 0 Å². The smallest absolute Gasteiger partial charge is 0.416 e. The molecule has 4 aromatic carbocycles. The van der Waals surface area contributed by atoms with Crippen molar-refractivity contribution in [2.75, 3.05) is 10.6 Å². The van der Waals surface area contributed by atoms with Crippen LogP contribution in [-0.2, 0) is 12.6 Å². The van der Waals surface area contributed by atoms with Crippen LogP contribution in [0.25, 0.3) is 43.6 Å². The van der Waals surface area contributed by atoms with Gasteiger partial charge in [0.25, 0.3) is 0 Å². The number of aromatic carboxylic acids is 1. The number of nitrogens with zero attached hydrogens (tertiary/aromatic N) is 6. The van der Waals surface area contributed by atoms with Crippen LogP contribution in [0.4, 0.5) is 36.2 Å². The van der Waals surface area contributed by atoms with E-state index in [0.29, 0.717) is 51.0 Å². The van der Waals surface area contributed by atoms with E-state index < -0.39 is 17.7 Å². The normalized spacial score (nSPS) is 12.2. The molecule has 1 fully saturated rings. The fourth-order valence-electron chi connectivity index (χ4n) is 6.63. The number of rotatable bonds is 8. The number of alkyl halides is 3. The van der Waals surface area contributed by atoms with Crippen LogP contribution in [0.1, 0.15) is 71.8 Å². The lowest BCUT2D eigenvalue weighted by Crippen LogP contribution is -2.06. The SMILES string of the molecule is C.CC#Cc1cccc(Nc2nc3cc(C(=O)O)ccc3c3cncnc23)c1.CC(=O)c1ccc2c(c1)nc(Nc1cccc(C(F)(F)F)c1)c1nc(CC3CC3)ncc12. The van der Waals surface area contributed by atoms with Crippen LogP contribution in [0.3, 0.4) is 0 Å². The lowest BCUT2D eigenvalue weighted by Gasteiger charge is -2.14. The fourth-order valence-corrected chi connectivity index (χ4v) is 6.63. The number of anilines is 4. The number of hydrogen-bond donors (Lipinski definition) is 3. The zero-order chi connectivity index (χ0) is 41.3. The molecule has 300 valence electrons. The maximum atomic E-state index is 13.2. The molecule has 4 heterocycles. The van der Waals surface area contributed by atoms with E-state index in [4.69, 9.17) is 4.98 Å². The number of carboxylic acids is 1. The fraction of sp³-hybridized carbons (Fsp3) is 0.174. The Hall–Kier alpha value is -7.53.